The summed E-state index contributed by atoms with van der Waals surface area (Å²) in [5.74, 6) is 0.879. The van der Waals surface area contributed by atoms with Crippen molar-refractivity contribution in [3.05, 3.63) is 65.2 Å². The molecule has 0 aliphatic rings. The fourth-order valence-electron chi connectivity index (χ4n) is 2.68. The van der Waals surface area contributed by atoms with Crippen LogP contribution >= 0.6 is 0 Å². The van der Waals surface area contributed by atoms with Crippen LogP contribution < -0.4 is 14.8 Å². The van der Waals surface area contributed by atoms with Crippen LogP contribution in [0.5, 0.6) is 11.5 Å². The Hall–Kier alpha value is -3.26. The highest BCUT2D eigenvalue weighted by molar-refractivity contribution is 6.02. The number of nitrogens with one attached hydrogen (secondary N) is 1. The molecule has 0 fully saturated rings. The minimum atomic E-state index is -0.420. The van der Waals surface area contributed by atoms with Crippen molar-refractivity contribution < 1.29 is 14.3 Å². The SMILES string of the molecule is CCCOc1ccc(/C=C(/C#N)C(=O)N[C@@H](C)c2ccccc2)c(OCCC)c1. The molecule has 0 aliphatic heterocycles. The van der Waals surface area contributed by atoms with Gasteiger partial charge in [0.25, 0.3) is 5.91 Å². The fraction of sp³-hybridized carbons (Fsp3) is 0.333. The third-order valence-electron chi connectivity index (χ3n) is 4.23. The summed E-state index contributed by atoms with van der Waals surface area (Å²) in [4.78, 5) is 12.6. The zero-order valence-electron chi connectivity index (χ0n) is 17.3. The molecule has 1 N–H and O–H groups in total. The molecule has 2 aromatic rings. The average Bonchev–Trinajstić information content (AvgIpc) is 2.75. The molecule has 2 rings (SSSR count). The van der Waals surface area contributed by atoms with E-state index in [1.807, 2.05) is 63.2 Å². The molecule has 0 saturated heterocycles. The van der Waals surface area contributed by atoms with E-state index in [1.54, 1.807) is 18.2 Å². The Balaban J connectivity index is 2.23. The van der Waals surface area contributed by atoms with Crippen molar-refractivity contribution in [1.29, 1.82) is 5.26 Å². The molecule has 5 heteroatoms. The summed E-state index contributed by atoms with van der Waals surface area (Å²) >= 11 is 0. The third kappa shape index (κ3) is 6.69. The van der Waals surface area contributed by atoms with Crippen molar-refractivity contribution in [3.8, 4) is 17.6 Å². The molecule has 1 amide bonds. The molecule has 2 aromatic carbocycles. The molecule has 1 atom stereocenters. The highest BCUT2D eigenvalue weighted by Gasteiger charge is 2.15. The van der Waals surface area contributed by atoms with Gasteiger partial charge >= 0.3 is 0 Å². The molecule has 0 saturated carbocycles. The van der Waals surface area contributed by atoms with E-state index in [1.165, 1.54) is 0 Å². The molecular weight excluding hydrogens is 364 g/mol. The minimum Gasteiger partial charge on any atom is -0.493 e. The van der Waals surface area contributed by atoms with E-state index in [0.29, 0.717) is 30.3 Å². The number of nitrogens with zero attached hydrogens (tertiary/aromatic N) is 1. The number of hydrogen-bond donors (Lipinski definition) is 1. The van der Waals surface area contributed by atoms with E-state index in [0.717, 1.165) is 18.4 Å². The van der Waals surface area contributed by atoms with E-state index < -0.39 is 5.91 Å². The molecule has 29 heavy (non-hydrogen) atoms. The van der Waals surface area contributed by atoms with E-state index in [2.05, 4.69) is 5.32 Å². The first kappa shape index (κ1) is 22.0. The molecule has 0 bridgehead atoms. The van der Waals surface area contributed by atoms with Crippen LogP contribution in [0.3, 0.4) is 0 Å². The van der Waals surface area contributed by atoms with Crippen LogP contribution in [0.25, 0.3) is 6.08 Å². The summed E-state index contributed by atoms with van der Waals surface area (Å²) in [5.41, 5.74) is 1.67. The first-order chi connectivity index (χ1) is 14.1. The highest BCUT2D eigenvalue weighted by Crippen LogP contribution is 2.27. The van der Waals surface area contributed by atoms with E-state index in [4.69, 9.17) is 9.47 Å². The third-order valence-corrected chi connectivity index (χ3v) is 4.23. The van der Waals surface area contributed by atoms with Gasteiger partial charge in [0.2, 0.25) is 0 Å². The second-order valence-corrected chi connectivity index (χ2v) is 6.67. The molecule has 0 unspecified atom stereocenters. The van der Waals surface area contributed by atoms with Gasteiger partial charge in [0.15, 0.2) is 0 Å². The number of rotatable bonds is 10. The lowest BCUT2D eigenvalue weighted by atomic mass is 10.1. The van der Waals surface area contributed by atoms with Crippen LogP contribution in [-0.2, 0) is 4.79 Å². The number of nitriles is 1. The summed E-state index contributed by atoms with van der Waals surface area (Å²) < 4.78 is 11.5. The van der Waals surface area contributed by atoms with Gasteiger partial charge in [-0.05, 0) is 43.5 Å². The zero-order chi connectivity index (χ0) is 21.1. The smallest absolute Gasteiger partial charge is 0.262 e. The molecule has 0 spiro atoms. The highest BCUT2D eigenvalue weighted by atomic mass is 16.5. The van der Waals surface area contributed by atoms with Crippen LogP contribution in [0.4, 0.5) is 0 Å². The predicted octanol–water partition coefficient (Wildman–Crippen LogP) is 5.05. The molecule has 0 aliphatic carbocycles. The van der Waals surface area contributed by atoms with Gasteiger partial charge in [0.05, 0.1) is 19.3 Å². The molecule has 0 radical (unpaired) electrons. The average molecular weight is 392 g/mol. The molecule has 152 valence electrons. The summed E-state index contributed by atoms with van der Waals surface area (Å²) in [6.07, 6.45) is 3.32. The van der Waals surface area contributed by atoms with E-state index in [9.17, 15) is 10.1 Å². The largest absolute Gasteiger partial charge is 0.493 e. The number of carbonyl (C=O) groups excluding carboxylic acids is 1. The Morgan fingerprint density at radius 3 is 2.45 bits per heavy atom. The Labute approximate surface area is 173 Å². The molecule has 0 heterocycles. The number of ether oxygens (including phenoxy) is 2. The Morgan fingerprint density at radius 1 is 1.10 bits per heavy atom. The number of amides is 1. The van der Waals surface area contributed by atoms with Crippen molar-refractivity contribution in [1.82, 2.24) is 5.32 Å². The first-order valence-electron chi connectivity index (χ1n) is 9.96. The number of hydrogen-bond acceptors (Lipinski definition) is 4. The quantitative estimate of drug-likeness (QED) is 0.454. The van der Waals surface area contributed by atoms with Gasteiger partial charge in [-0.15, -0.1) is 0 Å². The van der Waals surface area contributed by atoms with Gasteiger partial charge in [-0.25, -0.2) is 0 Å². The topological polar surface area (TPSA) is 71.3 Å². The minimum absolute atomic E-state index is 0.0244. The standard InChI is InChI=1S/C24H28N2O3/c1-4-13-28-22-12-11-20(23(16-22)29-14-5-2)15-21(17-25)24(27)26-18(3)19-9-7-6-8-10-19/h6-12,15-16,18H,4-5,13-14H2,1-3H3,(H,26,27)/b21-15-/t18-/m0/s1. The lowest BCUT2D eigenvalue weighted by Crippen LogP contribution is -2.27. The van der Waals surface area contributed by atoms with E-state index >= 15 is 0 Å². The first-order valence-corrected chi connectivity index (χ1v) is 9.96. The van der Waals surface area contributed by atoms with Gasteiger partial charge in [-0.2, -0.15) is 5.26 Å². The Bertz CT molecular complexity index is 869. The molecular formula is C24H28N2O3. The van der Waals surface area contributed by atoms with Gasteiger partial charge in [0.1, 0.15) is 23.1 Å². The van der Waals surface area contributed by atoms with Crippen molar-refractivity contribution in [2.24, 2.45) is 0 Å². The van der Waals surface area contributed by atoms with Crippen molar-refractivity contribution in [2.75, 3.05) is 13.2 Å². The van der Waals surface area contributed by atoms with Gasteiger partial charge in [0, 0.05) is 11.6 Å². The molecule has 5 nitrogen and oxygen atoms in total. The van der Waals surface area contributed by atoms with Crippen molar-refractivity contribution in [2.45, 2.75) is 39.7 Å². The lowest BCUT2D eigenvalue weighted by Gasteiger charge is -2.14. The normalized spacial score (nSPS) is 12.0. The van der Waals surface area contributed by atoms with Gasteiger partial charge < -0.3 is 14.8 Å². The fourth-order valence-corrected chi connectivity index (χ4v) is 2.68. The number of carbonyl (C=O) groups is 1. The summed E-state index contributed by atoms with van der Waals surface area (Å²) in [6.45, 7) is 7.10. The molecule has 0 aromatic heterocycles. The maximum Gasteiger partial charge on any atom is 0.262 e. The van der Waals surface area contributed by atoms with Crippen LogP contribution in [0.15, 0.2) is 54.1 Å². The summed E-state index contributed by atoms with van der Waals surface area (Å²) in [6, 6.07) is 16.8. The maximum atomic E-state index is 12.6. The zero-order valence-corrected chi connectivity index (χ0v) is 17.3. The van der Waals surface area contributed by atoms with Gasteiger partial charge in [-0.3, -0.25) is 4.79 Å². The van der Waals surface area contributed by atoms with Crippen LogP contribution in [0.1, 0.15) is 50.8 Å². The van der Waals surface area contributed by atoms with E-state index in [-0.39, 0.29) is 11.6 Å². The summed E-state index contributed by atoms with van der Waals surface area (Å²) in [5, 5.41) is 12.4. The second-order valence-electron chi connectivity index (χ2n) is 6.67. The van der Waals surface area contributed by atoms with Crippen LogP contribution in [-0.4, -0.2) is 19.1 Å². The monoisotopic (exact) mass is 392 g/mol. The predicted molar refractivity (Wildman–Crippen MR) is 115 cm³/mol. The Morgan fingerprint density at radius 2 is 1.79 bits per heavy atom. The maximum absolute atomic E-state index is 12.6. The van der Waals surface area contributed by atoms with Crippen molar-refractivity contribution in [3.63, 3.8) is 0 Å². The van der Waals surface area contributed by atoms with Crippen molar-refractivity contribution >= 4 is 12.0 Å². The number of benzene rings is 2. The summed E-state index contributed by atoms with van der Waals surface area (Å²) in [7, 11) is 0. The van der Waals surface area contributed by atoms with Crippen LogP contribution in [0, 0.1) is 11.3 Å². The second kappa shape index (κ2) is 11.6. The van der Waals surface area contributed by atoms with Crippen LogP contribution in [0.2, 0.25) is 0 Å². The Kier molecular flexibility index (Phi) is 8.78. The van der Waals surface area contributed by atoms with Gasteiger partial charge in [-0.1, -0.05) is 44.2 Å². The lowest BCUT2D eigenvalue weighted by molar-refractivity contribution is -0.117.